The summed E-state index contributed by atoms with van der Waals surface area (Å²) in [4.78, 5) is 11.2. The Kier molecular flexibility index (Phi) is 5.65. The van der Waals surface area contributed by atoms with Crippen LogP contribution in [0.4, 0.5) is 18.9 Å². The fraction of sp³-hybridized carbons (Fsp3) is 0.263. The second kappa shape index (κ2) is 7.86. The summed E-state index contributed by atoms with van der Waals surface area (Å²) in [5.74, 6) is -0.650. The molecule has 0 saturated heterocycles. The van der Waals surface area contributed by atoms with Crippen LogP contribution in [-0.2, 0) is 14.8 Å². The van der Waals surface area contributed by atoms with Gasteiger partial charge in [-0.25, -0.2) is 13.1 Å². The molecule has 1 amide bonds. The highest BCUT2D eigenvalue weighted by molar-refractivity contribution is 7.90. The summed E-state index contributed by atoms with van der Waals surface area (Å²) in [7, 11) is -4.03. The molecule has 6 nitrogen and oxygen atoms in total. The zero-order valence-corrected chi connectivity index (χ0v) is 16.2. The molecule has 0 bridgehead atoms. The molecule has 0 aromatic heterocycles. The number of benzene rings is 2. The van der Waals surface area contributed by atoms with Crippen molar-refractivity contribution in [1.82, 2.24) is 4.72 Å². The molecular formula is C19H18F3N3O3S. The number of nitrogens with zero attached hydrogens (tertiary/aromatic N) is 2. The molecule has 2 aromatic carbocycles. The Bertz CT molecular complexity index is 1020. The van der Waals surface area contributed by atoms with E-state index in [1.165, 1.54) is 36.2 Å². The van der Waals surface area contributed by atoms with E-state index in [2.05, 4.69) is 5.10 Å². The van der Waals surface area contributed by atoms with Crippen LogP contribution >= 0.6 is 0 Å². The maximum atomic E-state index is 13.2. The average molecular weight is 425 g/mol. The molecule has 10 heteroatoms. The summed E-state index contributed by atoms with van der Waals surface area (Å²) in [5, 5.41) is 5.04. The van der Waals surface area contributed by atoms with Crippen molar-refractivity contribution < 1.29 is 26.4 Å². The number of rotatable bonds is 5. The SMILES string of the molecule is CCC(=O)NS(=O)(=O)c1ccc(C2CC(C(F)(F)F)=NN2c2ccccc2)cc1. The van der Waals surface area contributed by atoms with Crippen LogP contribution in [0.1, 0.15) is 31.4 Å². The van der Waals surface area contributed by atoms with Crippen molar-refractivity contribution in [2.75, 3.05) is 5.01 Å². The number of sulfonamides is 1. The first-order valence-electron chi connectivity index (χ1n) is 8.76. The third-order valence-corrected chi connectivity index (χ3v) is 5.79. The van der Waals surface area contributed by atoms with Crippen molar-refractivity contribution >= 4 is 27.3 Å². The van der Waals surface area contributed by atoms with Gasteiger partial charge in [0.25, 0.3) is 10.0 Å². The van der Waals surface area contributed by atoms with Crippen molar-refractivity contribution in [3.05, 3.63) is 60.2 Å². The van der Waals surface area contributed by atoms with Crippen molar-refractivity contribution in [3.8, 4) is 0 Å². The lowest BCUT2D eigenvalue weighted by atomic mass is 10.0. The Hall–Kier alpha value is -2.88. The predicted octanol–water partition coefficient (Wildman–Crippen LogP) is 3.77. The van der Waals surface area contributed by atoms with Gasteiger partial charge >= 0.3 is 6.18 Å². The zero-order valence-electron chi connectivity index (χ0n) is 15.3. The number of hydrazone groups is 1. The molecule has 29 heavy (non-hydrogen) atoms. The lowest BCUT2D eigenvalue weighted by molar-refractivity contribution is -0.119. The molecule has 0 saturated carbocycles. The highest BCUT2D eigenvalue weighted by atomic mass is 32.2. The van der Waals surface area contributed by atoms with Crippen LogP contribution in [0.3, 0.4) is 0 Å². The molecule has 1 heterocycles. The third kappa shape index (κ3) is 4.58. The molecule has 1 aliphatic rings. The van der Waals surface area contributed by atoms with E-state index in [1.807, 2.05) is 4.72 Å². The van der Waals surface area contributed by atoms with Crippen LogP contribution in [0.2, 0.25) is 0 Å². The van der Waals surface area contributed by atoms with Gasteiger partial charge in [0.2, 0.25) is 5.91 Å². The van der Waals surface area contributed by atoms with E-state index in [-0.39, 0.29) is 17.7 Å². The second-order valence-corrected chi connectivity index (χ2v) is 8.08. The summed E-state index contributed by atoms with van der Waals surface area (Å²) in [6, 6.07) is 13.1. The number of halogens is 3. The topological polar surface area (TPSA) is 78.8 Å². The molecular weight excluding hydrogens is 407 g/mol. The van der Waals surface area contributed by atoms with Crippen LogP contribution in [0, 0.1) is 0 Å². The minimum Gasteiger partial charge on any atom is -0.274 e. The van der Waals surface area contributed by atoms with Crippen molar-refractivity contribution in [2.45, 2.75) is 36.9 Å². The molecule has 0 spiro atoms. The van der Waals surface area contributed by atoms with E-state index in [1.54, 1.807) is 30.3 Å². The Morgan fingerprint density at radius 2 is 1.76 bits per heavy atom. The smallest absolute Gasteiger partial charge is 0.274 e. The van der Waals surface area contributed by atoms with Gasteiger partial charge in [-0.3, -0.25) is 9.80 Å². The number of amides is 1. The monoisotopic (exact) mass is 425 g/mol. The molecule has 0 fully saturated rings. The Labute approximate surface area is 166 Å². The van der Waals surface area contributed by atoms with Crippen LogP contribution in [0.5, 0.6) is 0 Å². The first kappa shape index (κ1) is 20.8. The lowest BCUT2D eigenvalue weighted by Crippen LogP contribution is -2.29. The number of carbonyl (C=O) groups excluding carboxylic acids is 1. The average Bonchev–Trinajstić information content (AvgIpc) is 3.14. The van der Waals surface area contributed by atoms with E-state index < -0.39 is 33.9 Å². The van der Waals surface area contributed by atoms with E-state index >= 15 is 0 Å². The first-order chi connectivity index (χ1) is 13.6. The van der Waals surface area contributed by atoms with Gasteiger partial charge in [0, 0.05) is 12.8 Å². The number of carbonyl (C=O) groups is 1. The molecule has 3 rings (SSSR count). The summed E-state index contributed by atoms with van der Waals surface area (Å²) >= 11 is 0. The van der Waals surface area contributed by atoms with Crippen molar-refractivity contribution in [1.29, 1.82) is 0 Å². The molecule has 1 N–H and O–H groups in total. The standard InChI is InChI=1S/C19H18F3N3O3S/c1-2-18(26)24-29(27,28)15-10-8-13(9-11-15)16-12-17(19(20,21)22)23-25(16)14-6-4-3-5-7-14/h3-11,16H,2,12H2,1H3,(H,24,26). The van der Waals surface area contributed by atoms with Gasteiger partial charge in [-0.1, -0.05) is 37.3 Å². The van der Waals surface area contributed by atoms with E-state index in [0.29, 0.717) is 11.3 Å². The van der Waals surface area contributed by atoms with E-state index in [4.69, 9.17) is 0 Å². The molecule has 1 atom stereocenters. The Morgan fingerprint density at radius 3 is 2.31 bits per heavy atom. The molecule has 0 aliphatic carbocycles. The highest BCUT2D eigenvalue weighted by Crippen LogP contribution is 2.39. The van der Waals surface area contributed by atoms with E-state index in [0.717, 1.165) is 0 Å². The zero-order chi connectivity index (χ0) is 21.2. The summed E-state index contributed by atoms with van der Waals surface area (Å²) in [5.41, 5.74) is 0.0551. The van der Waals surface area contributed by atoms with Crippen LogP contribution in [0.15, 0.2) is 64.6 Å². The van der Waals surface area contributed by atoms with Crippen molar-refractivity contribution in [3.63, 3.8) is 0 Å². The van der Waals surface area contributed by atoms with E-state index in [9.17, 15) is 26.4 Å². The number of nitrogens with one attached hydrogen (secondary N) is 1. The molecule has 154 valence electrons. The van der Waals surface area contributed by atoms with Gasteiger partial charge < -0.3 is 0 Å². The largest absolute Gasteiger partial charge is 0.431 e. The summed E-state index contributed by atoms with van der Waals surface area (Å²) < 4.78 is 66.0. The van der Waals surface area contributed by atoms with Crippen LogP contribution < -0.4 is 9.73 Å². The fourth-order valence-electron chi connectivity index (χ4n) is 2.91. The summed E-state index contributed by atoms with van der Waals surface area (Å²) in [6.07, 6.45) is -4.92. The number of hydrogen-bond acceptors (Lipinski definition) is 5. The molecule has 0 radical (unpaired) electrons. The normalized spacial score (nSPS) is 17.2. The molecule has 1 unspecified atom stereocenters. The van der Waals surface area contributed by atoms with Gasteiger partial charge in [-0.15, -0.1) is 0 Å². The second-order valence-electron chi connectivity index (χ2n) is 6.40. The van der Waals surface area contributed by atoms with Crippen LogP contribution in [0.25, 0.3) is 0 Å². The Morgan fingerprint density at radius 1 is 1.14 bits per heavy atom. The highest BCUT2D eigenvalue weighted by Gasteiger charge is 2.43. The number of anilines is 1. The number of para-hydroxylation sites is 1. The van der Waals surface area contributed by atoms with Gasteiger partial charge in [0.15, 0.2) is 0 Å². The maximum absolute atomic E-state index is 13.2. The molecule has 1 aliphatic heterocycles. The quantitative estimate of drug-likeness (QED) is 0.791. The first-order valence-corrected chi connectivity index (χ1v) is 10.2. The lowest BCUT2D eigenvalue weighted by Gasteiger charge is -2.24. The minimum atomic E-state index is -4.56. The van der Waals surface area contributed by atoms with Crippen molar-refractivity contribution in [2.24, 2.45) is 5.10 Å². The maximum Gasteiger partial charge on any atom is 0.431 e. The Balaban J connectivity index is 1.92. The van der Waals surface area contributed by atoms with Gasteiger partial charge in [-0.05, 0) is 29.8 Å². The minimum absolute atomic E-state index is 0.00296. The number of alkyl halides is 3. The van der Waals surface area contributed by atoms with Gasteiger partial charge in [0.05, 0.1) is 16.6 Å². The third-order valence-electron chi connectivity index (χ3n) is 4.40. The van der Waals surface area contributed by atoms with Crippen LogP contribution in [-0.4, -0.2) is 26.2 Å². The molecule has 2 aromatic rings. The van der Waals surface area contributed by atoms with Gasteiger partial charge in [-0.2, -0.15) is 18.3 Å². The predicted molar refractivity (Wildman–Crippen MR) is 102 cm³/mol. The van der Waals surface area contributed by atoms with Gasteiger partial charge in [0.1, 0.15) is 5.71 Å². The number of hydrogen-bond donors (Lipinski definition) is 1. The summed E-state index contributed by atoms with van der Waals surface area (Å²) in [6.45, 7) is 1.52. The fourth-order valence-corrected chi connectivity index (χ4v) is 3.97.